The molecule has 7 heteroatoms. The quantitative estimate of drug-likeness (QED) is 0.190. The number of carbonyl (C=O) groups excluding carboxylic acids is 1. The summed E-state index contributed by atoms with van der Waals surface area (Å²) in [4.78, 5) is 17.6. The average molecular weight is 648 g/mol. The summed E-state index contributed by atoms with van der Waals surface area (Å²) in [7, 11) is 1.25. The van der Waals surface area contributed by atoms with Crippen LogP contribution in [0.4, 0.5) is 4.39 Å². The van der Waals surface area contributed by atoms with Gasteiger partial charge in [-0.05, 0) is 0 Å². The Morgan fingerprint density at radius 3 is 1.39 bits per heavy atom. The maximum absolute atomic E-state index is 11.9. The van der Waals surface area contributed by atoms with E-state index >= 15 is 0 Å². The lowest BCUT2D eigenvalue weighted by atomic mass is 10.2. The van der Waals surface area contributed by atoms with Crippen molar-refractivity contribution in [1.82, 2.24) is 15.3 Å². The van der Waals surface area contributed by atoms with Gasteiger partial charge in [0.2, 0.25) is 3.79 Å². The fraction of sp³-hybridized carbons (Fsp3) is 0.846. The van der Waals surface area contributed by atoms with Crippen molar-refractivity contribution in [2.24, 2.45) is 0 Å². The van der Waals surface area contributed by atoms with E-state index in [1.165, 1.54) is 13.7 Å². The van der Waals surface area contributed by atoms with Crippen LogP contribution < -0.4 is 5.32 Å². The number of rotatable bonds is 5. The van der Waals surface area contributed by atoms with Gasteiger partial charge in [-0.15, -0.1) is 0 Å². The Morgan fingerprint density at radius 1 is 0.909 bits per heavy atom. The molecule has 0 saturated carbocycles. The third-order valence-electron chi connectivity index (χ3n) is 1.58. The number of nitrogens with zero attached hydrogens (tertiary/aromatic N) is 1. The first-order chi connectivity index (χ1) is 7.24. The second kappa shape index (κ2) is 121. The number of hydrogen-bond acceptors (Lipinski definition) is 3. The van der Waals surface area contributed by atoms with Crippen LogP contribution in [-0.4, -0.2) is 26.6 Å². The van der Waals surface area contributed by atoms with Crippen molar-refractivity contribution in [3.63, 3.8) is 0 Å². The van der Waals surface area contributed by atoms with Crippen molar-refractivity contribution in [3.05, 3.63) is 18.2 Å². The van der Waals surface area contributed by atoms with Gasteiger partial charge in [0.05, 0.1) is 12.4 Å². The summed E-state index contributed by atoms with van der Waals surface area (Å²) in [6.07, 6.45) is 3.58. The Labute approximate surface area is 249 Å². The number of hydrogen-bond donors (Lipinski definition) is 2. The molecule has 1 aromatic rings. The number of aromatic nitrogens is 2. The third-order valence-corrected chi connectivity index (χ3v) is 2.33. The van der Waals surface area contributed by atoms with E-state index in [0.29, 0.717) is 6.42 Å². The van der Waals surface area contributed by atoms with Gasteiger partial charge in [-0.3, -0.25) is 10.1 Å². The molecular weight excluding hydrogens is 548 g/mol. The predicted molar refractivity (Wildman–Crippen MR) is 201 cm³/mol. The van der Waals surface area contributed by atoms with Gasteiger partial charge in [0.25, 0.3) is 0 Å². The summed E-state index contributed by atoms with van der Waals surface area (Å²) in [6.45, 7) is -0.701. The maximum Gasteiger partial charge on any atom is 0.209 e. The Kier molecular flexibility index (Phi) is 635. The van der Waals surface area contributed by atoms with Crippen LogP contribution in [0.15, 0.2) is 12.5 Å². The summed E-state index contributed by atoms with van der Waals surface area (Å²) < 4.78 is 17.6. The van der Waals surface area contributed by atoms with Gasteiger partial charge in [0, 0.05) is 48.0 Å². The van der Waals surface area contributed by atoms with Gasteiger partial charge in [-0.1, -0.05) is 141 Å². The molecule has 1 atom stereocenters. The molecule has 0 aliphatic rings. The minimum atomic E-state index is -0.701. The highest BCUT2D eigenvalue weighted by Crippen LogP contribution is 2.03. The molecule has 1 aromatic heterocycles. The SMILES string of the molecule is C.C.C.C.C.C.C.C.C.C.C.C.C.C.C.C.C.C.O=C(I)C(Cc1cnc[nH]1)NCF.S.[3HH].[3H]C.[HH].[HH].[HH]. The van der Waals surface area contributed by atoms with Gasteiger partial charge in [-0.25, -0.2) is 9.37 Å². The van der Waals surface area contributed by atoms with Crippen LogP contribution in [0.2, 0.25) is 0 Å². The molecule has 0 aliphatic heterocycles. The number of aromatic amines is 1. The van der Waals surface area contributed by atoms with Crippen LogP contribution in [-0.2, 0) is 11.2 Å². The zero-order valence-electron chi connectivity index (χ0n) is 9.26. The highest BCUT2D eigenvalue weighted by Gasteiger charge is 2.15. The second-order valence-electron chi connectivity index (χ2n) is 2.48. The Morgan fingerprint density at radius 2 is 1.21 bits per heavy atom. The molecule has 0 radical (unpaired) electrons. The summed E-state index contributed by atoms with van der Waals surface area (Å²) in [5, 5.41) is 2.45. The first-order valence-corrected chi connectivity index (χ1v) is 4.78. The third kappa shape index (κ3) is 89.1. The summed E-state index contributed by atoms with van der Waals surface area (Å²) in [5.41, 5.74) is 0.816. The summed E-state index contributed by atoms with van der Waals surface area (Å²) in [6, 6.07) is -0.481. The monoisotopic (exact) mass is 648 g/mol. The average Bonchev–Trinajstić information content (AvgIpc) is 2.73. The number of halogens is 2. The summed E-state index contributed by atoms with van der Waals surface area (Å²) >= 11 is 1.65. The zero-order chi connectivity index (χ0) is 11.7. The molecule has 240 valence electrons. The molecule has 0 amide bonds. The molecule has 2 N–H and O–H groups in total. The minimum Gasteiger partial charge on any atom is -0.348 e. The van der Waals surface area contributed by atoms with Crippen LogP contribution in [0.5, 0.6) is 0 Å². The lowest BCUT2D eigenvalue weighted by molar-refractivity contribution is -0.111. The maximum atomic E-state index is 11.9. The van der Waals surface area contributed by atoms with Gasteiger partial charge in [-0.2, -0.15) is 13.5 Å². The van der Waals surface area contributed by atoms with Crippen molar-refractivity contribution < 1.29 is 16.3 Å². The van der Waals surface area contributed by atoms with Crippen molar-refractivity contribution >= 4 is 39.9 Å². The van der Waals surface area contributed by atoms with Gasteiger partial charge in [0.1, 0.15) is 6.80 Å². The molecule has 33 heavy (non-hydrogen) atoms. The second-order valence-corrected chi connectivity index (χ2v) is 3.54. The van der Waals surface area contributed by atoms with E-state index in [-0.39, 0.29) is 157 Å². The molecule has 0 bridgehead atoms. The lowest BCUT2D eigenvalue weighted by Gasteiger charge is -2.10. The number of carbonyl (C=O) groups is 1. The van der Waals surface area contributed by atoms with Crippen LogP contribution in [0.25, 0.3) is 0 Å². The standard InChI is InChI=1S/C7H9FIN3O.19CH4.H2S.4H2/c8-3-11-6(7(9)13)1-5-2-10-4-12-5;;;;;;;;;;;;;;;;;;;;;;;;/h2,4,6,11H,1,3H2,(H,10,12);19*1H4;1H2;4*1H/i;1T;;;;;;;;;;;;;;;;;;;;1+2;;;. The van der Waals surface area contributed by atoms with E-state index < -0.39 is 12.8 Å². The number of nitrogens with one attached hydrogen (secondary N) is 2. The van der Waals surface area contributed by atoms with Gasteiger partial charge < -0.3 is 4.98 Å². The van der Waals surface area contributed by atoms with E-state index in [2.05, 4.69) is 15.3 Å². The predicted octanol–water partition coefficient (Wildman–Crippen LogP) is 14.0. The minimum absolute atomic E-state index is 0. The molecule has 1 heterocycles. The number of imidazole rings is 1. The van der Waals surface area contributed by atoms with Crippen LogP contribution in [0.3, 0.4) is 0 Å². The molecule has 1 rings (SSSR count). The molecule has 0 aliphatic carbocycles. The fourth-order valence-corrected chi connectivity index (χ4v) is 1.38. The van der Waals surface area contributed by atoms with E-state index in [9.17, 15) is 9.18 Å². The Bertz CT molecular complexity index is 302. The molecule has 1 unspecified atom stereocenters. The Hall–Kier alpha value is -0.150. The van der Waals surface area contributed by atoms with Crippen LogP contribution in [0, 0.1) is 0 Å². The van der Waals surface area contributed by atoms with E-state index in [1.54, 1.807) is 28.8 Å². The lowest BCUT2D eigenvalue weighted by Crippen LogP contribution is -2.35. The highest BCUT2D eigenvalue weighted by atomic mass is 127. The van der Waals surface area contributed by atoms with E-state index in [4.69, 9.17) is 1.37 Å². The van der Waals surface area contributed by atoms with Crippen molar-refractivity contribution in [1.29, 1.82) is 0 Å². The zero-order valence-corrected chi connectivity index (χ0v) is 11.4. The van der Waals surface area contributed by atoms with Crippen LogP contribution in [0.1, 0.15) is 154 Å². The van der Waals surface area contributed by atoms with Crippen molar-refractivity contribution in [2.45, 2.75) is 154 Å². The molecule has 4 nitrogen and oxygen atoms in total. The molecule has 0 saturated heterocycles. The molecule has 0 aromatic carbocycles. The topological polar surface area (TPSA) is 57.8 Å². The largest absolute Gasteiger partial charge is 0.348 e. The molecule has 0 spiro atoms. The molecule has 0 fully saturated rings. The fourth-order valence-electron chi connectivity index (χ4n) is 0.942. The van der Waals surface area contributed by atoms with Gasteiger partial charge in [0.15, 0.2) is 0 Å². The van der Waals surface area contributed by atoms with Crippen molar-refractivity contribution in [3.8, 4) is 0 Å². The van der Waals surface area contributed by atoms with Crippen LogP contribution >= 0.6 is 36.1 Å². The Balaban J connectivity index is -0.00000000349. The number of alkyl halides is 1. The van der Waals surface area contributed by atoms with E-state index in [1.807, 2.05) is 0 Å². The smallest absolute Gasteiger partial charge is 0.209 e. The van der Waals surface area contributed by atoms with E-state index in [0.717, 1.165) is 5.69 Å². The highest BCUT2D eigenvalue weighted by molar-refractivity contribution is 14.1. The number of H-pyrrole nitrogens is 1. The molecular formula is C26H95FIN3OS. The normalized spacial score (nSPS) is 5.24. The summed E-state index contributed by atoms with van der Waals surface area (Å²) in [5.74, 6) is 0. The van der Waals surface area contributed by atoms with Gasteiger partial charge >= 0.3 is 0 Å². The first kappa shape index (κ1) is 174. The first-order valence-electron chi connectivity index (χ1n) is 4.70. The van der Waals surface area contributed by atoms with Crippen molar-refractivity contribution in [2.75, 3.05) is 6.80 Å².